The molecule has 0 aliphatic heterocycles. The van der Waals surface area contributed by atoms with E-state index in [1.165, 1.54) is 19.1 Å². The average molecular weight is 303 g/mol. The summed E-state index contributed by atoms with van der Waals surface area (Å²) in [4.78, 5) is 20.6. The summed E-state index contributed by atoms with van der Waals surface area (Å²) in [6.07, 6.45) is 0. The summed E-state index contributed by atoms with van der Waals surface area (Å²) in [7, 11) is 0. The number of nitro groups is 2. The molecule has 0 aromatic heterocycles. The predicted octanol–water partition coefficient (Wildman–Crippen LogP) is 3.57. The van der Waals surface area contributed by atoms with Gasteiger partial charge in [-0.25, -0.2) is 0 Å². The SMILES string of the molecule is Cc1cccc(O)c1Nc1c(C)cc([N+](=O)[O-])cc1[N+](=O)[O-]. The first-order chi connectivity index (χ1) is 10.3. The van der Waals surface area contributed by atoms with Crippen LogP contribution in [-0.2, 0) is 0 Å². The second-order valence-electron chi connectivity index (χ2n) is 4.77. The van der Waals surface area contributed by atoms with Crippen molar-refractivity contribution in [3.63, 3.8) is 0 Å². The van der Waals surface area contributed by atoms with Gasteiger partial charge >= 0.3 is 0 Å². The predicted molar refractivity (Wildman–Crippen MR) is 80.6 cm³/mol. The molecular weight excluding hydrogens is 290 g/mol. The molecule has 2 aromatic carbocycles. The third-order valence-corrected chi connectivity index (χ3v) is 3.21. The van der Waals surface area contributed by atoms with Crippen molar-refractivity contribution in [1.82, 2.24) is 0 Å². The number of non-ortho nitro benzene ring substituents is 1. The van der Waals surface area contributed by atoms with Gasteiger partial charge in [0.1, 0.15) is 11.4 Å². The highest BCUT2D eigenvalue weighted by atomic mass is 16.6. The van der Waals surface area contributed by atoms with E-state index >= 15 is 0 Å². The Balaban J connectivity index is 2.60. The fourth-order valence-electron chi connectivity index (χ4n) is 2.10. The van der Waals surface area contributed by atoms with Crippen LogP contribution in [0.25, 0.3) is 0 Å². The molecule has 0 atom stereocenters. The van der Waals surface area contributed by atoms with E-state index in [-0.39, 0.29) is 17.1 Å². The highest BCUT2D eigenvalue weighted by molar-refractivity contribution is 5.78. The number of benzene rings is 2. The summed E-state index contributed by atoms with van der Waals surface area (Å²) in [6.45, 7) is 3.26. The van der Waals surface area contributed by atoms with Gasteiger partial charge in [-0.2, -0.15) is 0 Å². The van der Waals surface area contributed by atoms with Crippen molar-refractivity contribution in [2.24, 2.45) is 0 Å². The minimum Gasteiger partial charge on any atom is -0.506 e. The number of aromatic hydroxyl groups is 1. The maximum atomic E-state index is 11.2. The summed E-state index contributed by atoms with van der Waals surface area (Å²) < 4.78 is 0. The van der Waals surface area contributed by atoms with Crippen LogP contribution in [0.5, 0.6) is 5.75 Å². The molecule has 0 saturated heterocycles. The van der Waals surface area contributed by atoms with Crippen molar-refractivity contribution >= 4 is 22.7 Å². The van der Waals surface area contributed by atoms with Gasteiger partial charge in [0.15, 0.2) is 0 Å². The minimum absolute atomic E-state index is 0.0629. The molecule has 0 fully saturated rings. The van der Waals surface area contributed by atoms with E-state index in [1.807, 2.05) is 0 Å². The molecule has 0 bridgehead atoms. The van der Waals surface area contributed by atoms with Crippen LogP contribution in [0.15, 0.2) is 30.3 Å². The van der Waals surface area contributed by atoms with Crippen LogP contribution in [0.3, 0.4) is 0 Å². The topological polar surface area (TPSA) is 119 Å². The van der Waals surface area contributed by atoms with Gasteiger partial charge in [-0.3, -0.25) is 20.2 Å². The molecular formula is C14H13N3O5. The Morgan fingerprint density at radius 2 is 1.68 bits per heavy atom. The lowest BCUT2D eigenvalue weighted by atomic mass is 10.1. The molecule has 0 radical (unpaired) electrons. The molecule has 2 aromatic rings. The third kappa shape index (κ3) is 2.80. The summed E-state index contributed by atoms with van der Waals surface area (Å²) in [6, 6.07) is 6.96. The van der Waals surface area contributed by atoms with E-state index in [4.69, 9.17) is 0 Å². The fraction of sp³-hybridized carbons (Fsp3) is 0.143. The Hall–Kier alpha value is -3.16. The van der Waals surface area contributed by atoms with E-state index in [9.17, 15) is 25.3 Å². The van der Waals surface area contributed by atoms with Crippen LogP contribution >= 0.6 is 0 Å². The quantitative estimate of drug-likeness (QED) is 0.506. The first kappa shape index (κ1) is 15.2. The number of phenols is 1. The molecule has 8 nitrogen and oxygen atoms in total. The van der Waals surface area contributed by atoms with Gasteiger partial charge in [-0.05, 0) is 31.0 Å². The molecule has 114 valence electrons. The lowest BCUT2D eigenvalue weighted by Gasteiger charge is -2.13. The van der Waals surface area contributed by atoms with Crippen LogP contribution in [0, 0.1) is 34.1 Å². The Morgan fingerprint density at radius 3 is 2.23 bits per heavy atom. The van der Waals surface area contributed by atoms with Crippen LogP contribution in [-0.4, -0.2) is 15.0 Å². The van der Waals surface area contributed by atoms with Gasteiger partial charge in [-0.1, -0.05) is 12.1 Å². The maximum Gasteiger partial charge on any atom is 0.299 e. The standard InChI is InChI=1S/C14H13N3O5/c1-8-4-3-5-12(18)14(8)15-13-9(2)6-10(16(19)20)7-11(13)17(21)22/h3-7,15,18H,1-2H3. The molecule has 0 saturated carbocycles. The Labute approximate surface area is 125 Å². The number of hydrogen-bond donors (Lipinski definition) is 2. The van der Waals surface area contributed by atoms with Gasteiger partial charge in [-0.15, -0.1) is 0 Å². The Morgan fingerprint density at radius 1 is 1.00 bits per heavy atom. The van der Waals surface area contributed by atoms with Crippen LogP contribution in [0.1, 0.15) is 11.1 Å². The maximum absolute atomic E-state index is 11.2. The molecule has 0 spiro atoms. The van der Waals surface area contributed by atoms with Crippen molar-refractivity contribution in [2.45, 2.75) is 13.8 Å². The number of anilines is 2. The zero-order valence-corrected chi connectivity index (χ0v) is 11.9. The molecule has 22 heavy (non-hydrogen) atoms. The summed E-state index contributed by atoms with van der Waals surface area (Å²) in [5.74, 6) is -0.0629. The summed E-state index contributed by atoms with van der Waals surface area (Å²) in [5, 5.41) is 34.7. The number of nitrogens with zero attached hydrogens (tertiary/aromatic N) is 2. The van der Waals surface area contributed by atoms with Crippen molar-refractivity contribution in [3.8, 4) is 5.75 Å². The van der Waals surface area contributed by atoms with Crippen molar-refractivity contribution in [1.29, 1.82) is 0 Å². The minimum atomic E-state index is -0.697. The zero-order valence-electron chi connectivity index (χ0n) is 11.9. The van der Waals surface area contributed by atoms with Gasteiger partial charge < -0.3 is 10.4 Å². The normalized spacial score (nSPS) is 10.3. The number of rotatable bonds is 4. The van der Waals surface area contributed by atoms with Gasteiger partial charge in [0.2, 0.25) is 0 Å². The number of nitrogens with one attached hydrogen (secondary N) is 1. The van der Waals surface area contributed by atoms with Crippen LogP contribution in [0.4, 0.5) is 22.7 Å². The van der Waals surface area contributed by atoms with Gasteiger partial charge in [0.05, 0.1) is 21.6 Å². The summed E-state index contributed by atoms with van der Waals surface area (Å²) >= 11 is 0. The number of para-hydroxylation sites is 1. The lowest BCUT2D eigenvalue weighted by molar-refractivity contribution is -0.393. The monoisotopic (exact) mass is 303 g/mol. The average Bonchev–Trinajstić information content (AvgIpc) is 2.43. The lowest BCUT2D eigenvalue weighted by Crippen LogP contribution is -2.02. The van der Waals surface area contributed by atoms with E-state index in [1.54, 1.807) is 19.1 Å². The zero-order chi connectivity index (χ0) is 16.4. The first-order valence-electron chi connectivity index (χ1n) is 6.30. The molecule has 0 unspecified atom stereocenters. The molecule has 0 heterocycles. The smallest absolute Gasteiger partial charge is 0.299 e. The number of nitro benzene ring substituents is 2. The van der Waals surface area contributed by atoms with Gasteiger partial charge in [0.25, 0.3) is 11.4 Å². The van der Waals surface area contributed by atoms with E-state index in [2.05, 4.69) is 5.32 Å². The van der Waals surface area contributed by atoms with Gasteiger partial charge in [0, 0.05) is 6.07 Å². The van der Waals surface area contributed by atoms with E-state index < -0.39 is 15.5 Å². The molecule has 2 N–H and O–H groups in total. The fourth-order valence-corrected chi connectivity index (χ4v) is 2.10. The van der Waals surface area contributed by atoms with Crippen molar-refractivity contribution < 1.29 is 15.0 Å². The third-order valence-electron chi connectivity index (χ3n) is 3.21. The molecule has 0 aliphatic carbocycles. The Bertz CT molecular complexity index is 753. The summed E-state index contributed by atoms with van der Waals surface area (Å²) in [5.41, 5.74) is 0.677. The molecule has 2 rings (SSSR count). The van der Waals surface area contributed by atoms with E-state index in [0.717, 1.165) is 6.07 Å². The van der Waals surface area contributed by atoms with Crippen LogP contribution in [0.2, 0.25) is 0 Å². The van der Waals surface area contributed by atoms with Crippen molar-refractivity contribution in [3.05, 3.63) is 61.7 Å². The van der Waals surface area contributed by atoms with E-state index in [0.29, 0.717) is 16.8 Å². The molecule has 0 aliphatic rings. The number of phenolic OH excluding ortho intramolecular Hbond substituents is 1. The molecule has 8 heteroatoms. The number of aryl methyl sites for hydroxylation is 2. The highest BCUT2D eigenvalue weighted by Crippen LogP contribution is 2.38. The van der Waals surface area contributed by atoms with Crippen LogP contribution < -0.4 is 5.32 Å². The molecule has 0 amide bonds. The Kier molecular flexibility index (Phi) is 3.93. The first-order valence-corrected chi connectivity index (χ1v) is 6.30. The second kappa shape index (κ2) is 5.68. The number of hydrogen-bond acceptors (Lipinski definition) is 6. The van der Waals surface area contributed by atoms with Crippen molar-refractivity contribution in [2.75, 3.05) is 5.32 Å². The second-order valence-corrected chi connectivity index (χ2v) is 4.77. The largest absolute Gasteiger partial charge is 0.506 e. The highest BCUT2D eigenvalue weighted by Gasteiger charge is 2.23.